The van der Waals surface area contributed by atoms with E-state index in [4.69, 9.17) is 26.2 Å². The number of rotatable bonds is 7. The molecule has 0 aliphatic heterocycles. The molecular weight excluding hydrogens is 320 g/mol. The lowest BCUT2D eigenvalue weighted by Crippen LogP contribution is -2.39. The molecule has 2 atom stereocenters. The predicted molar refractivity (Wildman–Crippen MR) is 84.5 cm³/mol. The van der Waals surface area contributed by atoms with E-state index in [1.807, 2.05) is 32.3 Å². The number of carboxylic acids is 2. The molecule has 0 aliphatic carbocycles. The van der Waals surface area contributed by atoms with Crippen LogP contribution in [0.3, 0.4) is 0 Å². The quantitative estimate of drug-likeness (QED) is 0.411. The third-order valence-electron chi connectivity index (χ3n) is 2.92. The van der Waals surface area contributed by atoms with E-state index < -0.39 is 24.1 Å². The van der Waals surface area contributed by atoms with Crippen LogP contribution in [0.15, 0.2) is 24.3 Å². The molecule has 0 heterocycles. The Balaban J connectivity index is 0.000000470. The number of nitrogens with zero attached hydrogens (tertiary/aromatic N) is 1. The summed E-state index contributed by atoms with van der Waals surface area (Å²) in [5, 5.41) is 32.5. The number of aliphatic carboxylic acids is 2. The number of aliphatic hydroxyl groups excluding tert-OH is 2. The summed E-state index contributed by atoms with van der Waals surface area (Å²) in [4.78, 5) is 32.7. The second-order valence-electron chi connectivity index (χ2n) is 5.14. The molecule has 0 spiro atoms. The van der Waals surface area contributed by atoms with Crippen LogP contribution in [0, 0.1) is 0 Å². The topological polar surface area (TPSA) is 161 Å². The molecule has 0 radical (unpaired) electrons. The molecule has 0 bridgehead atoms. The predicted octanol–water partition coefficient (Wildman–Crippen LogP) is -1.23. The molecule has 0 saturated carbocycles. The van der Waals surface area contributed by atoms with Gasteiger partial charge in [0.1, 0.15) is 0 Å². The Labute approximate surface area is 138 Å². The van der Waals surface area contributed by atoms with E-state index in [0.717, 1.165) is 18.5 Å². The Bertz CT molecular complexity index is 557. The van der Waals surface area contributed by atoms with Gasteiger partial charge in [-0.2, -0.15) is 0 Å². The highest BCUT2D eigenvalue weighted by Crippen LogP contribution is 2.08. The summed E-state index contributed by atoms with van der Waals surface area (Å²) >= 11 is 0. The van der Waals surface area contributed by atoms with Crippen LogP contribution < -0.4 is 5.73 Å². The number of carboxylic acid groups (broad SMARTS) is 2. The lowest BCUT2D eigenvalue weighted by molar-refractivity contribution is -0.165. The van der Waals surface area contributed by atoms with Gasteiger partial charge in [-0.05, 0) is 32.1 Å². The fourth-order valence-electron chi connectivity index (χ4n) is 1.59. The van der Waals surface area contributed by atoms with Gasteiger partial charge in [-0.25, -0.2) is 9.59 Å². The lowest BCUT2D eigenvalue weighted by Gasteiger charge is -2.11. The summed E-state index contributed by atoms with van der Waals surface area (Å²) in [5.74, 6) is -3.89. The van der Waals surface area contributed by atoms with Gasteiger partial charge >= 0.3 is 11.9 Å². The highest BCUT2D eigenvalue weighted by atomic mass is 16.4. The zero-order chi connectivity index (χ0) is 18.9. The first-order valence-corrected chi connectivity index (χ1v) is 6.92. The van der Waals surface area contributed by atoms with E-state index in [9.17, 15) is 14.4 Å². The van der Waals surface area contributed by atoms with Gasteiger partial charge in [0, 0.05) is 12.1 Å². The molecule has 6 N–H and O–H groups in total. The van der Waals surface area contributed by atoms with Crippen LogP contribution in [0.25, 0.3) is 0 Å². The van der Waals surface area contributed by atoms with Gasteiger partial charge in [0.05, 0.1) is 0 Å². The standard InChI is InChI=1S/C11H16N2O.C4H6O6/c1-13(2)8-7-9-5-3-4-6-10(9)11(12)14;5-1(3(7)8)2(6)4(9)10/h3-6H,7-8H2,1-2H3,(H2,12,14);1-2,5-6H,(H,7,8)(H,9,10)/t;1-,2-/m.1/s1. The zero-order valence-electron chi connectivity index (χ0n) is 13.4. The SMILES string of the molecule is CN(C)CCc1ccccc1C(N)=O.O=C(O)[C@H](O)[C@@H](O)C(=O)O. The molecule has 1 amide bonds. The van der Waals surface area contributed by atoms with Crippen molar-refractivity contribution in [2.75, 3.05) is 20.6 Å². The first kappa shape index (κ1) is 21.5. The van der Waals surface area contributed by atoms with E-state index in [2.05, 4.69) is 4.90 Å². The first-order chi connectivity index (χ1) is 11.1. The molecule has 0 aromatic heterocycles. The molecule has 1 aromatic rings. The van der Waals surface area contributed by atoms with Crippen molar-refractivity contribution in [1.82, 2.24) is 4.90 Å². The third kappa shape index (κ3) is 7.68. The molecule has 0 fully saturated rings. The van der Waals surface area contributed by atoms with Gasteiger partial charge < -0.3 is 31.1 Å². The molecule has 134 valence electrons. The minimum Gasteiger partial charge on any atom is -0.479 e. The minimum absolute atomic E-state index is 0.348. The number of carbonyl (C=O) groups is 3. The molecule has 1 aromatic carbocycles. The number of aliphatic hydroxyl groups is 2. The number of hydrogen-bond donors (Lipinski definition) is 5. The van der Waals surface area contributed by atoms with Crippen molar-refractivity contribution >= 4 is 17.8 Å². The van der Waals surface area contributed by atoms with E-state index >= 15 is 0 Å². The molecule has 9 nitrogen and oxygen atoms in total. The highest BCUT2D eigenvalue weighted by Gasteiger charge is 2.29. The number of benzene rings is 1. The Hall–Kier alpha value is -2.49. The molecule has 0 saturated heterocycles. The summed E-state index contributed by atoms with van der Waals surface area (Å²) < 4.78 is 0. The number of carbonyl (C=O) groups excluding carboxylic acids is 1. The molecular formula is C15H22N2O7. The van der Waals surface area contributed by atoms with Gasteiger partial charge in [-0.15, -0.1) is 0 Å². The largest absolute Gasteiger partial charge is 0.479 e. The van der Waals surface area contributed by atoms with Crippen LogP contribution >= 0.6 is 0 Å². The Kier molecular flexibility index (Phi) is 9.25. The maximum Gasteiger partial charge on any atom is 0.335 e. The fraction of sp³-hybridized carbons (Fsp3) is 0.400. The molecule has 0 aliphatic rings. The van der Waals surface area contributed by atoms with Crippen LogP contribution in [0.1, 0.15) is 15.9 Å². The lowest BCUT2D eigenvalue weighted by atomic mass is 10.0. The Morgan fingerprint density at radius 3 is 1.88 bits per heavy atom. The summed E-state index contributed by atoms with van der Waals surface area (Å²) in [5.41, 5.74) is 6.92. The van der Waals surface area contributed by atoms with Gasteiger partial charge in [0.25, 0.3) is 0 Å². The van der Waals surface area contributed by atoms with Crippen molar-refractivity contribution in [3.63, 3.8) is 0 Å². The maximum absolute atomic E-state index is 11.1. The zero-order valence-corrected chi connectivity index (χ0v) is 13.4. The monoisotopic (exact) mass is 342 g/mol. The van der Waals surface area contributed by atoms with Gasteiger partial charge in [0.2, 0.25) is 5.91 Å². The van der Waals surface area contributed by atoms with Crippen molar-refractivity contribution in [3.8, 4) is 0 Å². The molecule has 0 unspecified atom stereocenters. The number of nitrogens with two attached hydrogens (primary N) is 1. The van der Waals surface area contributed by atoms with Crippen molar-refractivity contribution in [2.45, 2.75) is 18.6 Å². The van der Waals surface area contributed by atoms with E-state index in [1.165, 1.54) is 0 Å². The van der Waals surface area contributed by atoms with Crippen molar-refractivity contribution in [2.24, 2.45) is 5.73 Å². The molecule has 9 heteroatoms. The second kappa shape index (κ2) is 10.3. The number of primary amides is 1. The van der Waals surface area contributed by atoms with Crippen molar-refractivity contribution < 1.29 is 34.8 Å². The third-order valence-corrected chi connectivity index (χ3v) is 2.92. The van der Waals surface area contributed by atoms with E-state index in [1.54, 1.807) is 6.07 Å². The summed E-state index contributed by atoms with van der Waals surface area (Å²) in [6.07, 6.45) is -3.68. The van der Waals surface area contributed by atoms with Gasteiger partial charge in [-0.3, -0.25) is 4.79 Å². The van der Waals surface area contributed by atoms with Crippen LogP contribution in [0.2, 0.25) is 0 Å². The van der Waals surface area contributed by atoms with Crippen molar-refractivity contribution in [3.05, 3.63) is 35.4 Å². The fourth-order valence-corrected chi connectivity index (χ4v) is 1.59. The van der Waals surface area contributed by atoms with Gasteiger partial charge in [0.15, 0.2) is 12.2 Å². The Morgan fingerprint density at radius 1 is 1.04 bits per heavy atom. The maximum atomic E-state index is 11.1. The summed E-state index contributed by atoms with van der Waals surface area (Å²) in [6, 6.07) is 7.48. The molecule has 1 rings (SSSR count). The summed E-state index contributed by atoms with van der Waals surface area (Å²) in [6.45, 7) is 0.921. The second-order valence-corrected chi connectivity index (χ2v) is 5.14. The van der Waals surface area contributed by atoms with Crippen LogP contribution in [-0.4, -0.2) is 76.0 Å². The average molecular weight is 342 g/mol. The van der Waals surface area contributed by atoms with Crippen molar-refractivity contribution in [1.29, 1.82) is 0 Å². The highest BCUT2D eigenvalue weighted by molar-refractivity contribution is 5.94. The Morgan fingerprint density at radius 2 is 1.50 bits per heavy atom. The van der Waals surface area contributed by atoms with Crippen LogP contribution in [0.5, 0.6) is 0 Å². The first-order valence-electron chi connectivity index (χ1n) is 6.92. The number of likely N-dealkylation sites (N-methyl/N-ethyl adjacent to an activating group) is 1. The normalized spacial score (nSPS) is 12.7. The number of hydrogen-bond acceptors (Lipinski definition) is 6. The average Bonchev–Trinajstić information content (AvgIpc) is 2.51. The number of amides is 1. The van der Waals surface area contributed by atoms with E-state index in [0.29, 0.717) is 5.56 Å². The van der Waals surface area contributed by atoms with E-state index in [-0.39, 0.29) is 5.91 Å². The minimum atomic E-state index is -2.27. The smallest absolute Gasteiger partial charge is 0.335 e. The van der Waals surface area contributed by atoms with Gasteiger partial charge in [-0.1, -0.05) is 18.2 Å². The van der Waals surface area contributed by atoms with Crippen LogP contribution in [-0.2, 0) is 16.0 Å². The molecule has 24 heavy (non-hydrogen) atoms. The van der Waals surface area contributed by atoms with Crippen LogP contribution in [0.4, 0.5) is 0 Å². The summed E-state index contributed by atoms with van der Waals surface area (Å²) in [7, 11) is 4.01.